The fourth-order valence-corrected chi connectivity index (χ4v) is 9.12. The standard InChI is InChI=1S/C28H34N4O3.C24H24N2O4.C4H12N2/c1-18(33)21-11-14-24-23(17-21)25(28(35)31-24)26(19-7-5-4-6-8-19)30-22-12-9-20(10-13-22)27(34)29-15-16-32(2)3;1-14(27)17-9-12-20-19(13-17)21(23(28)26-20)22(15-5-3-2-4-6-15)25-18-10-7-16(8-11-18)24(29)30;1-6(2)4-3-5/h4-8,11,14,17,20,22,31,35H,9-10,12-13,15-16H2,1-3H3,(H,29,34);2-6,9,12-13,16,18,26,28H,7-8,10-11H2,1H3,(H,29,30);3-5H2,1-2H3. The molecule has 376 valence electrons. The van der Waals surface area contributed by atoms with Crippen molar-refractivity contribution in [2.24, 2.45) is 27.6 Å². The van der Waals surface area contributed by atoms with Crippen LogP contribution in [0.3, 0.4) is 0 Å². The number of amides is 1. The number of carboxylic acids is 1. The van der Waals surface area contributed by atoms with Crippen LogP contribution in [0.2, 0.25) is 0 Å². The van der Waals surface area contributed by atoms with Gasteiger partial charge in [-0.25, -0.2) is 0 Å². The minimum Gasteiger partial charge on any atom is -0.494 e. The van der Waals surface area contributed by atoms with E-state index in [1.807, 2.05) is 101 Å². The second-order valence-corrected chi connectivity index (χ2v) is 19.1. The summed E-state index contributed by atoms with van der Waals surface area (Å²) in [6, 6.07) is 30.2. The van der Waals surface area contributed by atoms with Crippen LogP contribution in [-0.4, -0.2) is 136 Å². The van der Waals surface area contributed by atoms with Gasteiger partial charge in [-0.2, -0.15) is 0 Å². The van der Waals surface area contributed by atoms with Crippen molar-refractivity contribution in [2.45, 2.75) is 77.3 Å². The number of ketones is 2. The first kappa shape index (κ1) is 53.4. The summed E-state index contributed by atoms with van der Waals surface area (Å²) in [7, 11) is 8.00. The molecule has 2 aliphatic rings. The normalized spacial score (nSPS) is 18.4. The van der Waals surface area contributed by atoms with Crippen LogP contribution in [0.25, 0.3) is 21.8 Å². The molecule has 8 rings (SSSR count). The number of carboxylic acid groups (broad SMARTS) is 1. The van der Waals surface area contributed by atoms with Gasteiger partial charge in [-0.05, 0) is 130 Å². The molecule has 2 aliphatic carbocycles. The predicted octanol–water partition coefficient (Wildman–Crippen LogP) is 8.21. The molecule has 0 atom stereocenters. The van der Waals surface area contributed by atoms with E-state index in [0.29, 0.717) is 65.9 Å². The van der Waals surface area contributed by atoms with E-state index in [4.69, 9.17) is 15.7 Å². The maximum Gasteiger partial charge on any atom is 0.306 e. The van der Waals surface area contributed by atoms with Crippen LogP contribution in [0.1, 0.15) is 108 Å². The van der Waals surface area contributed by atoms with Gasteiger partial charge in [0.2, 0.25) is 5.91 Å². The Morgan fingerprint density at radius 3 is 1.35 bits per heavy atom. The number of aromatic hydroxyl groups is 2. The average Bonchev–Trinajstić information content (AvgIpc) is 3.87. The molecule has 2 heterocycles. The number of nitrogens with two attached hydrogens (primary N) is 1. The Kier molecular flexibility index (Phi) is 19.0. The van der Waals surface area contributed by atoms with Gasteiger partial charge in [0.05, 0.1) is 40.6 Å². The molecular weight excluding hydrogens is 897 g/mol. The fraction of sp³-hybridized carbons (Fsp3) is 0.393. The van der Waals surface area contributed by atoms with Crippen molar-refractivity contribution < 1.29 is 34.5 Å². The second-order valence-electron chi connectivity index (χ2n) is 19.1. The third-order valence-electron chi connectivity index (χ3n) is 13.1. The minimum atomic E-state index is -0.744. The number of aliphatic carboxylic acids is 1. The van der Waals surface area contributed by atoms with E-state index in [9.17, 15) is 34.5 Å². The number of benzene rings is 4. The van der Waals surface area contributed by atoms with E-state index in [0.717, 1.165) is 78.3 Å². The van der Waals surface area contributed by atoms with Crippen LogP contribution >= 0.6 is 0 Å². The highest BCUT2D eigenvalue weighted by molar-refractivity contribution is 6.22. The van der Waals surface area contributed by atoms with Crippen molar-refractivity contribution in [3.63, 3.8) is 0 Å². The number of nitrogens with one attached hydrogen (secondary N) is 3. The summed E-state index contributed by atoms with van der Waals surface area (Å²) in [5.41, 5.74) is 12.1. The van der Waals surface area contributed by atoms with Gasteiger partial charge in [0, 0.05) is 76.2 Å². The van der Waals surface area contributed by atoms with Gasteiger partial charge in [-0.1, -0.05) is 60.7 Å². The molecule has 15 nitrogen and oxygen atoms in total. The lowest BCUT2D eigenvalue weighted by molar-refractivity contribution is -0.142. The van der Waals surface area contributed by atoms with Crippen molar-refractivity contribution in [1.82, 2.24) is 25.1 Å². The highest BCUT2D eigenvalue weighted by atomic mass is 16.4. The van der Waals surface area contributed by atoms with Gasteiger partial charge in [-0.15, -0.1) is 0 Å². The van der Waals surface area contributed by atoms with Gasteiger partial charge in [0.25, 0.3) is 0 Å². The lowest BCUT2D eigenvalue weighted by atomic mass is 9.85. The molecule has 1 amide bonds. The highest BCUT2D eigenvalue weighted by Gasteiger charge is 2.29. The number of aromatic amines is 2. The number of likely N-dealkylation sites (N-methyl/N-ethyl adjacent to an activating group) is 2. The predicted molar refractivity (Wildman–Crippen MR) is 282 cm³/mol. The molecule has 15 heteroatoms. The van der Waals surface area contributed by atoms with Crippen LogP contribution in [0, 0.1) is 11.8 Å². The Morgan fingerprint density at radius 2 is 1.00 bits per heavy atom. The van der Waals surface area contributed by atoms with E-state index in [2.05, 4.69) is 25.1 Å². The molecular formula is C56H70N8O7. The van der Waals surface area contributed by atoms with Crippen molar-refractivity contribution >= 4 is 56.7 Å². The average molecular weight is 967 g/mol. The van der Waals surface area contributed by atoms with E-state index in [1.165, 1.54) is 13.8 Å². The Balaban J connectivity index is 0.000000210. The number of hydrogen-bond acceptors (Lipinski definition) is 11. The maximum absolute atomic E-state index is 12.6. The number of carbonyl (C=O) groups excluding carboxylic acids is 3. The summed E-state index contributed by atoms with van der Waals surface area (Å²) in [5.74, 6) is -0.938. The van der Waals surface area contributed by atoms with E-state index in [-0.39, 0.29) is 53.2 Å². The van der Waals surface area contributed by atoms with Gasteiger partial charge < -0.3 is 46.1 Å². The molecule has 0 saturated heterocycles. The summed E-state index contributed by atoms with van der Waals surface area (Å²) in [6.07, 6.45) is 5.77. The molecule has 71 heavy (non-hydrogen) atoms. The number of rotatable bonds is 15. The zero-order valence-electron chi connectivity index (χ0n) is 41.9. The van der Waals surface area contributed by atoms with Gasteiger partial charge >= 0.3 is 5.97 Å². The lowest BCUT2D eigenvalue weighted by Gasteiger charge is -2.26. The number of aliphatic imine (C=N–C) groups is 2. The number of Topliss-reactive ketones (excluding diaryl/α,β-unsaturated/α-hetero) is 2. The summed E-state index contributed by atoms with van der Waals surface area (Å²) in [4.78, 5) is 68.0. The molecule has 2 aromatic heterocycles. The highest BCUT2D eigenvalue weighted by Crippen LogP contribution is 2.35. The van der Waals surface area contributed by atoms with Crippen molar-refractivity contribution in [2.75, 3.05) is 54.4 Å². The first-order valence-electron chi connectivity index (χ1n) is 24.5. The number of nitrogens with zero attached hydrogens (tertiary/aromatic N) is 4. The first-order valence-corrected chi connectivity index (χ1v) is 24.5. The smallest absolute Gasteiger partial charge is 0.306 e. The molecule has 6 aromatic rings. The Labute approximate surface area is 416 Å². The van der Waals surface area contributed by atoms with Crippen molar-refractivity contribution in [3.8, 4) is 11.8 Å². The third kappa shape index (κ3) is 14.3. The molecule has 4 aromatic carbocycles. The van der Waals surface area contributed by atoms with Gasteiger partial charge in [0.15, 0.2) is 23.3 Å². The van der Waals surface area contributed by atoms with E-state index < -0.39 is 5.97 Å². The molecule has 2 saturated carbocycles. The van der Waals surface area contributed by atoms with Crippen LogP contribution in [-0.2, 0) is 9.59 Å². The molecule has 0 spiro atoms. The quantitative estimate of drug-likeness (QED) is 0.0385. The number of aromatic nitrogens is 2. The van der Waals surface area contributed by atoms with Gasteiger partial charge in [-0.3, -0.25) is 29.2 Å². The topological polar surface area (TPSA) is 230 Å². The molecule has 0 unspecified atom stereocenters. The first-order chi connectivity index (χ1) is 34.0. The van der Waals surface area contributed by atoms with E-state index >= 15 is 0 Å². The number of fused-ring (bicyclic) bond motifs is 2. The Hall–Kier alpha value is -6.94. The summed E-state index contributed by atoms with van der Waals surface area (Å²) < 4.78 is 0. The molecule has 0 aliphatic heterocycles. The maximum atomic E-state index is 12.6. The van der Waals surface area contributed by atoms with Gasteiger partial charge in [0.1, 0.15) is 0 Å². The van der Waals surface area contributed by atoms with Crippen LogP contribution in [0.4, 0.5) is 0 Å². The zero-order chi connectivity index (χ0) is 51.2. The van der Waals surface area contributed by atoms with Crippen molar-refractivity contribution in [3.05, 3.63) is 130 Å². The fourth-order valence-electron chi connectivity index (χ4n) is 9.12. The number of hydrogen-bond donors (Lipinski definition) is 7. The molecule has 8 N–H and O–H groups in total. The number of carbonyl (C=O) groups is 4. The Morgan fingerprint density at radius 1 is 0.592 bits per heavy atom. The molecule has 0 radical (unpaired) electrons. The largest absolute Gasteiger partial charge is 0.494 e. The third-order valence-corrected chi connectivity index (χ3v) is 13.1. The summed E-state index contributed by atoms with van der Waals surface area (Å²) in [5, 5.41) is 35.4. The number of H-pyrrole nitrogens is 2. The second kappa shape index (κ2) is 25.3. The summed E-state index contributed by atoms with van der Waals surface area (Å²) in [6.45, 7) is 6.28. The minimum absolute atomic E-state index is 0.00697. The van der Waals surface area contributed by atoms with Crippen molar-refractivity contribution in [1.29, 1.82) is 0 Å². The monoisotopic (exact) mass is 967 g/mol. The van der Waals surface area contributed by atoms with Crippen LogP contribution in [0.5, 0.6) is 11.8 Å². The SMILES string of the molecule is CC(=O)c1ccc2[nH]c(O)c(C(=NC3CCC(C(=O)NCCN(C)C)CC3)c3ccccc3)c2c1.CC(=O)c1ccc2[nH]c(O)c(C(=NC3CCC(C(=O)O)CC3)c3ccccc3)c2c1.CN(C)CCN. The summed E-state index contributed by atoms with van der Waals surface area (Å²) >= 11 is 0. The Bertz CT molecular complexity index is 2820. The lowest BCUT2D eigenvalue weighted by Crippen LogP contribution is -2.37. The van der Waals surface area contributed by atoms with Crippen LogP contribution < -0.4 is 11.1 Å². The molecule has 0 bridgehead atoms. The zero-order valence-corrected chi connectivity index (χ0v) is 41.9. The molecule has 2 fully saturated rings. The van der Waals surface area contributed by atoms with E-state index in [1.54, 1.807) is 24.3 Å². The van der Waals surface area contributed by atoms with Crippen LogP contribution in [0.15, 0.2) is 107 Å².